The minimum Gasteiger partial charge on any atom is -0.504 e. The van der Waals surface area contributed by atoms with Gasteiger partial charge in [-0.25, -0.2) is 9.78 Å². The lowest BCUT2D eigenvalue weighted by atomic mass is 10.1. The number of fused-ring (bicyclic) bond motifs is 2. The fourth-order valence-corrected chi connectivity index (χ4v) is 4.20. The van der Waals surface area contributed by atoms with Gasteiger partial charge in [0, 0.05) is 43.5 Å². The van der Waals surface area contributed by atoms with E-state index in [0.717, 1.165) is 24.1 Å². The number of nitrogens with one attached hydrogen (secondary N) is 1. The summed E-state index contributed by atoms with van der Waals surface area (Å²) in [5.74, 6) is 1.44. The highest BCUT2D eigenvalue weighted by Crippen LogP contribution is 2.41. The van der Waals surface area contributed by atoms with Crippen LogP contribution in [-0.4, -0.2) is 52.4 Å². The van der Waals surface area contributed by atoms with Crippen molar-refractivity contribution in [2.24, 2.45) is 10.2 Å². The first-order chi connectivity index (χ1) is 15.5. The molecule has 0 spiro atoms. The second kappa shape index (κ2) is 7.97. The molecule has 0 bridgehead atoms. The van der Waals surface area contributed by atoms with E-state index in [1.54, 1.807) is 37.6 Å². The maximum absolute atomic E-state index is 10.9. The van der Waals surface area contributed by atoms with Crippen LogP contribution in [0.3, 0.4) is 0 Å². The molecule has 3 aromatic rings. The van der Waals surface area contributed by atoms with Gasteiger partial charge in [0.15, 0.2) is 17.3 Å². The molecule has 4 heterocycles. The summed E-state index contributed by atoms with van der Waals surface area (Å²) < 4.78 is 11.6. The van der Waals surface area contributed by atoms with Crippen LogP contribution in [0.4, 0.5) is 10.6 Å². The van der Waals surface area contributed by atoms with E-state index < -0.39 is 6.09 Å². The topological polar surface area (TPSA) is 133 Å². The normalized spacial score (nSPS) is 19.0. The molecular formula is C22H21N5O5. The number of carbonyl (C=O) groups is 1. The Morgan fingerprint density at radius 2 is 2.25 bits per heavy atom. The lowest BCUT2D eigenvalue weighted by molar-refractivity contribution is 0.189. The van der Waals surface area contributed by atoms with E-state index >= 15 is 0 Å². The molecule has 0 aliphatic carbocycles. The third-order valence-electron chi connectivity index (χ3n) is 5.70. The molecule has 2 aliphatic heterocycles. The molecule has 1 saturated heterocycles. The van der Waals surface area contributed by atoms with Crippen LogP contribution in [0.2, 0.25) is 0 Å². The van der Waals surface area contributed by atoms with Crippen molar-refractivity contribution >= 4 is 34.7 Å². The van der Waals surface area contributed by atoms with Gasteiger partial charge in [-0.3, -0.25) is 4.90 Å². The number of furan rings is 1. The Labute approximate surface area is 182 Å². The molecule has 1 amide bonds. The monoisotopic (exact) mass is 435 g/mol. The molecule has 1 fully saturated rings. The van der Waals surface area contributed by atoms with Crippen LogP contribution in [0.5, 0.6) is 11.5 Å². The summed E-state index contributed by atoms with van der Waals surface area (Å²) in [6.07, 6.45) is 2.99. The number of likely N-dealkylation sites (tertiary alicyclic amines) is 1. The van der Waals surface area contributed by atoms with Gasteiger partial charge in [0.05, 0.1) is 18.1 Å². The Balaban J connectivity index is 1.50. The van der Waals surface area contributed by atoms with E-state index in [9.17, 15) is 9.90 Å². The van der Waals surface area contributed by atoms with Gasteiger partial charge in [0.25, 0.3) is 0 Å². The standard InChI is InChI=1S/C22H21N5O5/c1-31-17-5-4-14-19(28)18(9-16-13-3-2-7-23-21(13)26-25-16)32-20(14)15(17)11-27-8-6-12(10-27)24-22(29)30/h2-5,7,9,12,24,28H,6,8,10-11H2,1H3,(H,29,30)/t12-/m1/s1. The van der Waals surface area contributed by atoms with Gasteiger partial charge >= 0.3 is 6.09 Å². The number of benzene rings is 1. The van der Waals surface area contributed by atoms with Crippen LogP contribution in [0, 0.1) is 0 Å². The number of aromatic hydroxyl groups is 1. The Kier molecular flexibility index (Phi) is 4.98. The Hall–Kier alpha value is -3.92. The van der Waals surface area contributed by atoms with E-state index in [0.29, 0.717) is 41.3 Å². The van der Waals surface area contributed by atoms with Crippen molar-refractivity contribution in [3.05, 3.63) is 47.3 Å². The highest BCUT2D eigenvalue weighted by molar-refractivity contribution is 5.94. The summed E-state index contributed by atoms with van der Waals surface area (Å²) in [6.45, 7) is 1.81. The van der Waals surface area contributed by atoms with E-state index in [4.69, 9.17) is 14.3 Å². The van der Waals surface area contributed by atoms with Crippen molar-refractivity contribution in [2.75, 3.05) is 20.2 Å². The van der Waals surface area contributed by atoms with Gasteiger partial charge in [-0.2, -0.15) is 0 Å². The van der Waals surface area contributed by atoms with Gasteiger partial charge in [0.2, 0.25) is 0 Å². The minimum absolute atomic E-state index is 0.00999. The van der Waals surface area contributed by atoms with Crippen LogP contribution in [0.1, 0.15) is 23.3 Å². The summed E-state index contributed by atoms with van der Waals surface area (Å²) in [5, 5.41) is 31.1. The van der Waals surface area contributed by atoms with Crippen molar-refractivity contribution in [2.45, 2.75) is 19.0 Å². The Morgan fingerprint density at radius 1 is 1.38 bits per heavy atom. The van der Waals surface area contributed by atoms with Crippen molar-refractivity contribution < 1.29 is 24.2 Å². The lowest BCUT2D eigenvalue weighted by Gasteiger charge is -2.18. The van der Waals surface area contributed by atoms with Crippen LogP contribution in [-0.2, 0) is 6.54 Å². The molecule has 1 atom stereocenters. The first kappa shape index (κ1) is 20.0. The maximum atomic E-state index is 10.9. The number of aromatic nitrogens is 1. The second-order valence-electron chi connectivity index (χ2n) is 7.71. The highest BCUT2D eigenvalue weighted by atomic mass is 16.5. The first-order valence-electron chi connectivity index (χ1n) is 10.2. The van der Waals surface area contributed by atoms with Crippen molar-refractivity contribution in [1.82, 2.24) is 15.2 Å². The summed E-state index contributed by atoms with van der Waals surface area (Å²) >= 11 is 0. The van der Waals surface area contributed by atoms with Gasteiger partial charge in [-0.05, 0) is 30.7 Å². The quantitative estimate of drug-likeness (QED) is 0.552. The third-order valence-corrected chi connectivity index (χ3v) is 5.70. The van der Waals surface area contributed by atoms with Gasteiger partial charge in [0.1, 0.15) is 17.0 Å². The van der Waals surface area contributed by atoms with Crippen molar-refractivity contribution in [3.63, 3.8) is 0 Å². The number of methoxy groups -OCH3 is 1. The van der Waals surface area contributed by atoms with Gasteiger partial charge in [-0.1, -0.05) is 0 Å². The molecule has 1 aromatic carbocycles. The molecule has 0 unspecified atom stereocenters. The number of ether oxygens (including phenoxy) is 1. The zero-order chi connectivity index (χ0) is 22.2. The predicted molar refractivity (Wildman–Crippen MR) is 116 cm³/mol. The number of hydrogen-bond acceptors (Lipinski definition) is 8. The molecule has 164 valence electrons. The number of rotatable bonds is 5. The van der Waals surface area contributed by atoms with Crippen LogP contribution in [0.25, 0.3) is 22.7 Å². The lowest BCUT2D eigenvalue weighted by Crippen LogP contribution is -2.35. The summed E-state index contributed by atoms with van der Waals surface area (Å²) in [5.41, 5.74) is 2.62. The fraction of sp³-hybridized carbons (Fsp3) is 0.273. The Bertz CT molecular complexity index is 1270. The largest absolute Gasteiger partial charge is 0.504 e. The summed E-state index contributed by atoms with van der Waals surface area (Å²) in [7, 11) is 1.58. The average Bonchev–Trinajstić information content (AvgIpc) is 3.47. The van der Waals surface area contributed by atoms with E-state index in [-0.39, 0.29) is 17.6 Å². The highest BCUT2D eigenvalue weighted by Gasteiger charge is 2.27. The molecule has 2 aromatic heterocycles. The van der Waals surface area contributed by atoms with Gasteiger partial charge in [-0.15, -0.1) is 10.2 Å². The first-order valence-corrected chi connectivity index (χ1v) is 10.2. The zero-order valence-electron chi connectivity index (χ0n) is 17.3. The molecule has 3 N–H and O–H groups in total. The molecule has 32 heavy (non-hydrogen) atoms. The van der Waals surface area contributed by atoms with E-state index in [1.807, 2.05) is 6.07 Å². The molecular weight excluding hydrogens is 414 g/mol. The molecule has 10 nitrogen and oxygen atoms in total. The second-order valence-corrected chi connectivity index (χ2v) is 7.71. The van der Waals surface area contributed by atoms with Gasteiger partial charge < -0.3 is 24.7 Å². The Morgan fingerprint density at radius 3 is 3.06 bits per heavy atom. The van der Waals surface area contributed by atoms with Crippen LogP contribution < -0.4 is 10.1 Å². The number of hydrogen-bond donors (Lipinski definition) is 3. The number of carboxylic acid groups (broad SMARTS) is 1. The zero-order valence-corrected chi connectivity index (χ0v) is 17.3. The molecule has 0 saturated carbocycles. The summed E-state index contributed by atoms with van der Waals surface area (Å²) in [4.78, 5) is 17.2. The molecule has 10 heteroatoms. The number of nitrogens with zero attached hydrogens (tertiary/aromatic N) is 4. The van der Waals surface area contributed by atoms with E-state index in [1.165, 1.54) is 0 Å². The fourth-order valence-electron chi connectivity index (χ4n) is 4.20. The van der Waals surface area contributed by atoms with Crippen LogP contribution >= 0.6 is 0 Å². The maximum Gasteiger partial charge on any atom is 0.404 e. The van der Waals surface area contributed by atoms with E-state index in [2.05, 4.69) is 25.4 Å². The van der Waals surface area contributed by atoms with Crippen LogP contribution in [0.15, 0.2) is 45.1 Å². The molecule has 0 radical (unpaired) electrons. The summed E-state index contributed by atoms with van der Waals surface area (Å²) in [6, 6.07) is 7.08. The SMILES string of the molecule is COc1ccc2c(O)c(C=C3N=Nc4ncccc43)oc2c1CN1CC[C@@H](NC(=O)O)C1. The smallest absolute Gasteiger partial charge is 0.404 e. The number of azo groups is 1. The predicted octanol–water partition coefficient (Wildman–Crippen LogP) is 3.98. The third kappa shape index (κ3) is 3.54. The average molecular weight is 435 g/mol. The minimum atomic E-state index is -1.02. The van der Waals surface area contributed by atoms with Crippen molar-refractivity contribution in [3.8, 4) is 11.5 Å². The molecule has 2 aliphatic rings. The van der Waals surface area contributed by atoms with Crippen molar-refractivity contribution in [1.29, 1.82) is 0 Å². The number of amides is 1. The number of pyridine rings is 1. The molecule has 5 rings (SSSR count).